The molecule has 4 heterocycles. The Morgan fingerprint density at radius 2 is 1.95 bits per heavy atom. The number of thiazole rings is 1. The fourth-order valence-corrected chi connectivity index (χ4v) is 6.83. The predicted molar refractivity (Wildman–Crippen MR) is 140 cm³/mol. The zero-order chi connectivity index (χ0) is 28.6. The summed E-state index contributed by atoms with van der Waals surface area (Å²) >= 11 is 0.757. The number of benzene rings is 2. The van der Waals surface area contributed by atoms with Gasteiger partial charge in [0, 0.05) is 29.5 Å². The van der Waals surface area contributed by atoms with Crippen LogP contribution in [0.5, 0.6) is 6.01 Å². The highest BCUT2D eigenvalue weighted by Crippen LogP contribution is 2.46. The minimum Gasteiger partial charge on any atom is -0.461 e. The monoisotopic (exact) mass is 581 g/mol. The van der Waals surface area contributed by atoms with E-state index in [1.165, 1.54) is 0 Å². The molecule has 0 aliphatic carbocycles. The summed E-state index contributed by atoms with van der Waals surface area (Å²) in [6.07, 6.45) is -4.05. The van der Waals surface area contributed by atoms with Crippen LogP contribution in [0, 0.1) is 11.6 Å². The van der Waals surface area contributed by atoms with Crippen LogP contribution in [0.15, 0.2) is 18.2 Å². The van der Waals surface area contributed by atoms with Gasteiger partial charge in [0.2, 0.25) is 0 Å². The van der Waals surface area contributed by atoms with E-state index in [4.69, 9.17) is 10.5 Å². The van der Waals surface area contributed by atoms with Crippen LogP contribution in [0.2, 0.25) is 0 Å². The molecule has 13 heteroatoms. The van der Waals surface area contributed by atoms with E-state index >= 15 is 4.39 Å². The van der Waals surface area contributed by atoms with Crippen LogP contribution in [-0.4, -0.2) is 51.3 Å². The lowest BCUT2D eigenvalue weighted by molar-refractivity contribution is -0.137. The van der Waals surface area contributed by atoms with Crippen molar-refractivity contribution in [2.75, 3.05) is 25.4 Å². The Morgan fingerprint density at radius 1 is 1.18 bits per heavy atom. The molecule has 4 aromatic rings. The topological polar surface area (TPSA) is 77.2 Å². The van der Waals surface area contributed by atoms with Gasteiger partial charge >= 0.3 is 12.2 Å². The normalized spacial score (nSPS) is 21.7. The predicted octanol–water partition coefficient (Wildman–Crippen LogP) is 6.86. The van der Waals surface area contributed by atoms with Gasteiger partial charge in [-0.15, -0.1) is 0 Å². The van der Waals surface area contributed by atoms with E-state index in [9.17, 15) is 22.0 Å². The first-order valence-corrected chi connectivity index (χ1v) is 13.7. The molecule has 0 radical (unpaired) electrons. The third-order valence-corrected chi connectivity index (χ3v) is 8.70. The number of rotatable bonds is 5. The number of alkyl halides is 4. The third kappa shape index (κ3) is 4.33. The zero-order valence-electron chi connectivity index (χ0n) is 21.6. The van der Waals surface area contributed by atoms with Crippen molar-refractivity contribution >= 4 is 37.6 Å². The quantitative estimate of drug-likeness (QED) is 0.260. The van der Waals surface area contributed by atoms with Crippen LogP contribution in [0.1, 0.15) is 50.3 Å². The van der Waals surface area contributed by atoms with Crippen molar-refractivity contribution in [2.45, 2.75) is 56.9 Å². The summed E-state index contributed by atoms with van der Waals surface area (Å²) in [5.41, 5.74) is 2.49. The number of hydrogen-bond acceptors (Lipinski definition) is 7. The van der Waals surface area contributed by atoms with Crippen LogP contribution < -0.4 is 10.5 Å². The number of nitrogens with two attached hydrogens (primary N) is 1. The van der Waals surface area contributed by atoms with E-state index in [1.807, 2.05) is 4.90 Å². The second kappa shape index (κ2) is 9.44. The molecule has 2 aliphatic heterocycles. The van der Waals surface area contributed by atoms with Crippen molar-refractivity contribution < 1.29 is 31.1 Å². The summed E-state index contributed by atoms with van der Waals surface area (Å²) in [6, 6.07) is 2.63. The summed E-state index contributed by atoms with van der Waals surface area (Å²) in [5, 5.41) is -0.184. The average molecular weight is 582 g/mol. The van der Waals surface area contributed by atoms with E-state index in [1.54, 1.807) is 13.8 Å². The Morgan fingerprint density at radius 3 is 2.67 bits per heavy atom. The summed E-state index contributed by atoms with van der Waals surface area (Å²) < 4.78 is 94.1. The number of aromatic nitrogens is 3. The van der Waals surface area contributed by atoms with Crippen molar-refractivity contribution in [1.82, 2.24) is 19.9 Å². The standard InChI is InChI=1S/C27H25F6N5OS/c1-12(2)20-15-8-16(27(31,32)33)18(14-4-5-17(29)23-22(14)35-24(34)40-23)19(30)21(15)37-25(36-20)39-11-26-6-3-7-38(26)10-13(28)9-26/h4-5,8,12-13H,3,6-7,9-11H2,1-2H3,(H2,34,35). The van der Waals surface area contributed by atoms with Crippen LogP contribution in [0.25, 0.3) is 32.2 Å². The number of halogens is 6. The molecule has 2 saturated heterocycles. The third-order valence-electron chi connectivity index (χ3n) is 7.80. The van der Waals surface area contributed by atoms with Crippen LogP contribution >= 0.6 is 11.3 Å². The average Bonchev–Trinajstić information content (AvgIpc) is 3.54. The summed E-state index contributed by atoms with van der Waals surface area (Å²) in [7, 11) is 0. The molecule has 0 bridgehead atoms. The number of anilines is 1. The molecule has 2 unspecified atom stereocenters. The largest absolute Gasteiger partial charge is 0.461 e. The van der Waals surface area contributed by atoms with Crippen LogP contribution in [0.4, 0.5) is 31.5 Å². The van der Waals surface area contributed by atoms with Gasteiger partial charge in [0.05, 0.1) is 27.0 Å². The second-order valence-electron chi connectivity index (χ2n) is 10.7. The first kappa shape index (κ1) is 27.0. The fraction of sp³-hybridized carbons (Fsp3) is 0.444. The van der Waals surface area contributed by atoms with Gasteiger partial charge in [-0.3, -0.25) is 4.90 Å². The zero-order valence-corrected chi connectivity index (χ0v) is 22.4. The van der Waals surface area contributed by atoms with Crippen LogP contribution in [-0.2, 0) is 6.18 Å². The minimum absolute atomic E-state index is 0.0704. The van der Waals surface area contributed by atoms with Gasteiger partial charge in [-0.1, -0.05) is 25.2 Å². The van der Waals surface area contributed by atoms with Crippen LogP contribution in [0.3, 0.4) is 0 Å². The molecule has 0 saturated carbocycles. The molecular formula is C27H25F6N5OS. The van der Waals surface area contributed by atoms with Gasteiger partial charge in [0.15, 0.2) is 10.9 Å². The van der Waals surface area contributed by atoms with Gasteiger partial charge in [0.25, 0.3) is 0 Å². The van der Waals surface area contributed by atoms with E-state index in [0.29, 0.717) is 13.0 Å². The second-order valence-corrected chi connectivity index (χ2v) is 11.8. The maximum absolute atomic E-state index is 16.4. The molecule has 0 amide bonds. The number of hydrogen-bond donors (Lipinski definition) is 1. The summed E-state index contributed by atoms with van der Waals surface area (Å²) in [6.45, 7) is 4.56. The van der Waals surface area contributed by atoms with Crippen molar-refractivity contribution in [3.05, 3.63) is 41.1 Å². The molecule has 2 aliphatic rings. The van der Waals surface area contributed by atoms with Gasteiger partial charge in [-0.25, -0.2) is 18.2 Å². The maximum atomic E-state index is 16.4. The lowest BCUT2D eigenvalue weighted by Crippen LogP contribution is -2.43. The highest BCUT2D eigenvalue weighted by Gasteiger charge is 2.49. The number of ether oxygens (including phenoxy) is 1. The molecule has 2 aromatic heterocycles. The SMILES string of the molecule is CC(C)c1nc(OCC23CCCN2CC(F)C3)nc2c(F)c(-c3ccc(F)c4sc(N)nc34)c(C(F)(F)F)cc12. The van der Waals surface area contributed by atoms with E-state index < -0.39 is 46.6 Å². The first-order chi connectivity index (χ1) is 18.9. The molecule has 6 nitrogen and oxygen atoms in total. The number of fused-ring (bicyclic) bond motifs is 3. The minimum atomic E-state index is -4.97. The Balaban J connectivity index is 1.54. The Kier molecular flexibility index (Phi) is 6.37. The molecule has 0 spiro atoms. The fourth-order valence-electron chi connectivity index (χ4n) is 6.06. The highest BCUT2D eigenvalue weighted by atomic mass is 32.1. The van der Waals surface area contributed by atoms with Crippen molar-refractivity contribution in [3.8, 4) is 17.1 Å². The highest BCUT2D eigenvalue weighted by molar-refractivity contribution is 7.22. The first-order valence-electron chi connectivity index (χ1n) is 12.9. The lowest BCUT2D eigenvalue weighted by atomic mass is 9.93. The molecular weight excluding hydrogens is 556 g/mol. The maximum Gasteiger partial charge on any atom is 0.417 e. The molecule has 212 valence electrons. The van der Waals surface area contributed by atoms with Gasteiger partial charge in [0.1, 0.15) is 24.1 Å². The number of nitrogens with zero attached hydrogens (tertiary/aromatic N) is 4. The van der Waals surface area contributed by atoms with Crippen molar-refractivity contribution in [2.24, 2.45) is 0 Å². The number of nitrogen functional groups attached to an aromatic ring is 1. The van der Waals surface area contributed by atoms with E-state index in [-0.39, 0.29) is 50.1 Å². The van der Waals surface area contributed by atoms with Crippen molar-refractivity contribution in [3.63, 3.8) is 0 Å². The summed E-state index contributed by atoms with van der Waals surface area (Å²) in [5.74, 6) is -2.40. The van der Waals surface area contributed by atoms with Gasteiger partial charge in [-0.05, 0) is 43.5 Å². The molecule has 2 atom stereocenters. The molecule has 2 N–H and O–H groups in total. The molecule has 2 fully saturated rings. The van der Waals surface area contributed by atoms with Gasteiger partial charge in [-0.2, -0.15) is 23.1 Å². The Hall–Kier alpha value is -3.19. The Bertz CT molecular complexity index is 1640. The summed E-state index contributed by atoms with van der Waals surface area (Å²) in [4.78, 5) is 14.6. The van der Waals surface area contributed by atoms with Gasteiger partial charge < -0.3 is 10.5 Å². The smallest absolute Gasteiger partial charge is 0.417 e. The molecule has 40 heavy (non-hydrogen) atoms. The molecule has 2 aromatic carbocycles. The van der Waals surface area contributed by atoms with Crippen molar-refractivity contribution in [1.29, 1.82) is 0 Å². The molecule has 6 rings (SSSR count). The van der Waals surface area contributed by atoms with E-state index in [2.05, 4.69) is 15.0 Å². The van der Waals surface area contributed by atoms with E-state index in [0.717, 1.165) is 48.9 Å². The lowest BCUT2D eigenvalue weighted by Gasteiger charge is -2.30. The Labute approximate surface area is 229 Å².